The Balaban J connectivity index is 1.66. The van der Waals surface area contributed by atoms with Crippen molar-refractivity contribution in [3.05, 3.63) is 63.1 Å². The van der Waals surface area contributed by atoms with Crippen LogP contribution in [0.5, 0.6) is 5.75 Å². The minimum absolute atomic E-state index is 0.0530. The van der Waals surface area contributed by atoms with Crippen molar-refractivity contribution >= 4 is 11.8 Å². The molecule has 10 heteroatoms. The molecule has 0 aliphatic carbocycles. The van der Waals surface area contributed by atoms with Crippen LogP contribution < -0.4 is 15.5 Å². The fourth-order valence-corrected chi connectivity index (χ4v) is 3.75. The zero-order valence-electron chi connectivity index (χ0n) is 16.3. The highest BCUT2D eigenvalue weighted by molar-refractivity contribution is 5.99. The van der Waals surface area contributed by atoms with Gasteiger partial charge in [-0.15, -0.1) is 0 Å². The van der Waals surface area contributed by atoms with Crippen molar-refractivity contribution in [3.63, 3.8) is 0 Å². The van der Waals surface area contributed by atoms with E-state index in [0.717, 1.165) is 6.07 Å². The van der Waals surface area contributed by atoms with Gasteiger partial charge in [-0.1, -0.05) is 6.07 Å². The number of nitrogens with zero attached hydrogens (tertiary/aromatic N) is 2. The molecule has 0 saturated carbocycles. The first-order valence-corrected chi connectivity index (χ1v) is 9.29. The Morgan fingerprint density at radius 2 is 2.10 bits per heavy atom. The fraction of sp³-hybridized carbons (Fsp3) is 0.350. The molecule has 3 heterocycles. The third kappa shape index (κ3) is 3.22. The second-order valence-corrected chi connectivity index (χ2v) is 7.17. The molecule has 2 atom stereocenters. The average Bonchev–Trinajstić information content (AvgIpc) is 3.08. The molecule has 0 spiro atoms. The Kier molecular flexibility index (Phi) is 5.02. The first-order chi connectivity index (χ1) is 14.3. The zero-order chi connectivity index (χ0) is 21.6. The van der Waals surface area contributed by atoms with Crippen LogP contribution in [0, 0.1) is 11.6 Å². The van der Waals surface area contributed by atoms with Gasteiger partial charge >= 0.3 is 0 Å². The molecule has 1 aromatic carbocycles. The van der Waals surface area contributed by atoms with Gasteiger partial charge in [0.2, 0.25) is 5.43 Å². The van der Waals surface area contributed by atoms with E-state index in [0.29, 0.717) is 12.7 Å². The van der Waals surface area contributed by atoms with Gasteiger partial charge in [-0.2, -0.15) is 0 Å². The highest BCUT2D eigenvalue weighted by Gasteiger charge is 2.43. The number of ether oxygens (including phenoxy) is 2. The zero-order valence-corrected chi connectivity index (χ0v) is 16.3. The molecule has 2 aromatic rings. The van der Waals surface area contributed by atoms with Gasteiger partial charge in [0.1, 0.15) is 17.2 Å². The number of halogens is 2. The lowest BCUT2D eigenvalue weighted by atomic mass is 10.1. The van der Waals surface area contributed by atoms with Crippen molar-refractivity contribution in [1.29, 1.82) is 0 Å². The van der Waals surface area contributed by atoms with Gasteiger partial charge in [-0.3, -0.25) is 14.4 Å². The summed E-state index contributed by atoms with van der Waals surface area (Å²) in [4.78, 5) is 39.9. The third-order valence-corrected chi connectivity index (χ3v) is 5.25. The second kappa shape index (κ2) is 7.52. The maximum atomic E-state index is 13.8. The first kappa shape index (κ1) is 20.0. The molecule has 2 amide bonds. The highest BCUT2D eigenvalue weighted by atomic mass is 19.1. The molecule has 2 aliphatic heterocycles. The van der Waals surface area contributed by atoms with Gasteiger partial charge in [0.05, 0.1) is 26.3 Å². The van der Waals surface area contributed by atoms with E-state index in [1.165, 1.54) is 23.9 Å². The van der Waals surface area contributed by atoms with Crippen LogP contribution >= 0.6 is 0 Å². The smallest absolute Gasteiger partial charge is 0.276 e. The summed E-state index contributed by atoms with van der Waals surface area (Å²) in [5, 5.41) is 2.44. The molecule has 4 rings (SSSR count). The van der Waals surface area contributed by atoms with E-state index in [9.17, 15) is 23.2 Å². The van der Waals surface area contributed by atoms with Crippen LogP contribution in [-0.4, -0.2) is 47.3 Å². The molecule has 1 fully saturated rings. The molecular weight excluding hydrogens is 400 g/mol. The van der Waals surface area contributed by atoms with Gasteiger partial charge in [0.25, 0.3) is 11.8 Å². The summed E-state index contributed by atoms with van der Waals surface area (Å²) >= 11 is 0. The van der Waals surface area contributed by atoms with E-state index in [1.807, 2.05) is 6.92 Å². The van der Waals surface area contributed by atoms with Gasteiger partial charge in [0.15, 0.2) is 17.7 Å². The number of rotatable bonds is 4. The van der Waals surface area contributed by atoms with Gasteiger partial charge in [-0.05, 0) is 13.0 Å². The SMILES string of the molecule is COc1c2n(cc(C(=O)NCc3ccc(F)cc3F)c1=O)C[C@@H]1OC[C@H](C)N1C2=O. The summed E-state index contributed by atoms with van der Waals surface area (Å²) in [5.41, 5.74) is -0.892. The summed E-state index contributed by atoms with van der Waals surface area (Å²) in [6.07, 6.45) is 0.773. The van der Waals surface area contributed by atoms with Crippen LogP contribution in [0.15, 0.2) is 29.2 Å². The van der Waals surface area contributed by atoms with Crippen LogP contribution in [0.1, 0.15) is 33.3 Å². The number of carbonyl (C=O) groups is 2. The van der Waals surface area contributed by atoms with E-state index in [-0.39, 0.29) is 41.7 Å². The van der Waals surface area contributed by atoms with Crippen molar-refractivity contribution in [2.75, 3.05) is 13.7 Å². The normalized spacial score (nSPS) is 20.0. The maximum absolute atomic E-state index is 13.8. The molecule has 2 aliphatic rings. The van der Waals surface area contributed by atoms with Crippen molar-refractivity contribution in [2.45, 2.75) is 32.3 Å². The topological polar surface area (TPSA) is 89.9 Å². The van der Waals surface area contributed by atoms with Crippen LogP contribution in [0.2, 0.25) is 0 Å². The lowest BCUT2D eigenvalue weighted by molar-refractivity contribution is 0.00621. The molecular formula is C20H19F2N3O5. The van der Waals surface area contributed by atoms with Gasteiger partial charge < -0.3 is 24.3 Å². The molecule has 1 N–H and O–H groups in total. The highest BCUT2D eigenvalue weighted by Crippen LogP contribution is 2.29. The summed E-state index contributed by atoms with van der Waals surface area (Å²) in [6, 6.07) is 2.83. The average molecular weight is 419 g/mol. The van der Waals surface area contributed by atoms with Crippen molar-refractivity contribution < 1.29 is 27.8 Å². The quantitative estimate of drug-likeness (QED) is 0.806. The Labute approximate surface area is 170 Å². The minimum atomic E-state index is -0.812. The second-order valence-electron chi connectivity index (χ2n) is 7.17. The largest absolute Gasteiger partial charge is 0.491 e. The number of methoxy groups -OCH3 is 1. The van der Waals surface area contributed by atoms with Crippen molar-refractivity contribution in [3.8, 4) is 5.75 Å². The standard InChI is InChI=1S/C20H19F2N3O5/c1-10-9-30-15-8-24-7-13(17(26)18(29-2)16(24)20(28)25(10)15)19(27)23-6-11-3-4-12(21)5-14(11)22/h3-5,7,10,15H,6,8-9H2,1-2H3,(H,23,27)/t10-,15-/m0/s1. The number of carbonyl (C=O) groups excluding carboxylic acids is 2. The monoisotopic (exact) mass is 419 g/mol. The number of amides is 2. The Morgan fingerprint density at radius 3 is 2.80 bits per heavy atom. The van der Waals surface area contributed by atoms with Crippen LogP contribution in [0.25, 0.3) is 0 Å². The van der Waals surface area contributed by atoms with E-state index in [4.69, 9.17) is 9.47 Å². The summed E-state index contributed by atoms with van der Waals surface area (Å²) < 4.78 is 39.1. The summed E-state index contributed by atoms with van der Waals surface area (Å²) in [5.74, 6) is -2.97. The number of hydrogen-bond donors (Lipinski definition) is 1. The molecule has 158 valence electrons. The molecule has 0 unspecified atom stereocenters. The number of hydrogen-bond acceptors (Lipinski definition) is 5. The van der Waals surface area contributed by atoms with E-state index in [2.05, 4.69) is 5.32 Å². The van der Waals surface area contributed by atoms with Crippen LogP contribution in [0.4, 0.5) is 8.78 Å². The molecule has 30 heavy (non-hydrogen) atoms. The number of nitrogens with one attached hydrogen (secondary N) is 1. The molecule has 1 saturated heterocycles. The Hall–Kier alpha value is -3.27. The van der Waals surface area contributed by atoms with Crippen molar-refractivity contribution in [1.82, 2.24) is 14.8 Å². The van der Waals surface area contributed by atoms with E-state index >= 15 is 0 Å². The lowest BCUT2D eigenvalue weighted by Crippen LogP contribution is -2.49. The lowest BCUT2D eigenvalue weighted by Gasteiger charge is -2.34. The Morgan fingerprint density at radius 1 is 1.33 bits per heavy atom. The summed E-state index contributed by atoms with van der Waals surface area (Å²) in [7, 11) is 1.25. The minimum Gasteiger partial charge on any atom is -0.491 e. The van der Waals surface area contributed by atoms with E-state index < -0.39 is 35.1 Å². The maximum Gasteiger partial charge on any atom is 0.276 e. The molecule has 0 bridgehead atoms. The van der Waals surface area contributed by atoms with Crippen LogP contribution in [-0.2, 0) is 17.8 Å². The number of fused-ring (bicyclic) bond motifs is 2. The fourth-order valence-electron chi connectivity index (χ4n) is 3.75. The predicted molar refractivity (Wildman–Crippen MR) is 100 cm³/mol. The Bertz CT molecular complexity index is 1100. The van der Waals surface area contributed by atoms with E-state index in [1.54, 1.807) is 4.90 Å². The molecule has 8 nitrogen and oxygen atoms in total. The van der Waals surface area contributed by atoms with Gasteiger partial charge in [-0.25, -0.2) is 8.78 Å². The predicted octanol–water partition coefficient (Wildman–Crippen LogP) is 1.27. The number of benzene rings is 1. The number of aromatic nitrogens is 1. The first-order valence-electron chi connectivity index (χ1n) is 9.29. The van der Waals surface area contributed by atoms with Crippen molar-refractivity contribution in [2.24, 2.45) is 0 Å². The number of pyridine rings is 1. The molecule has 0 radical (unpaired) electrons. The van der Waals surface area contributed by atoms with Crippen LogP contribution in [0.3, 0.4) is 0 Å². The summed E-state index contributed by atoms with van der Waals surface area (Å²) in [6.45, 7) is 2.20. The molecule has 1 aromatic heterocycles. The third-order valence-electron chi connectivity index (χ3n) is 5.25. The van der Waals surface area contributed by atoms with Gasteiger partial charge in [0, 0.05) is 24.4 Å².